The zero-order valence-corrected chi connectivity index (χ0v) is 13.8. The van der Waals surface area contributed by atoms with Crippen LogP contribution in [0.5, 0.6) is 0 Å². The number of carboxylic acids is 1. The summed E-state index contributed by atoms with van der Waals surface area (Å²) in [5.41, 5.74) is -0.0102. The van der Waals surface area contributed by atoms with E-state index in [2.05, 4.69) is 19.2 Å². The Morgan fingerprint density at radius 1 is 1.32 bits per heavy atom. The number of amides is 1. The number of hydrogen-bond acceptors (Lipinski definition) is 4. The van der Waals surface area contributed by atoms with Gasteiger partial charge in [0.25, 0.3) is 0 Å². The number of thiol groups is 1. The van der Waals surface area contributed by atoms with Crippen LogP contribution >= 0.6 is 12.6 Å². The molecule has 0 aromatic heterocycles. The molecule has 6 heteroatoms. The van der Waals surface area contributed by atoms with Crippen LogP contribution in [0.4, 0.5) is 4.79 Å². The Hall–Kier alpha value is -1.95. The molecule has 1 atom stereocenters. The number of hydrogen-bond donors (Lipinski definition) is 2. The summed E-state index contributed by atoms with van der Waals surface area (Å²) in [4.78, 5) is 24.4. The molecule has 120 valence electrons. The minimum Gasteiger partial charge on any atom is -0.477 e. The van der Waals surface area contributed by atoms with E-state index in [1.165, 1.54) is 0 Å². The molecule has 0 spiro atoms. The van der Waals surface area contributed by atoms with Gasteiger partial charge < -0.3 is 9.84 Å². The average molecular weight is 323 g/mol. The normalized spacial score (nSPS) is 12.4. The van der Waals surface area contributed by atoms with Crippen molar-refractivity contribution in [3.05, 3.63) is 48.2 Å². The summed E-state index contributed by atoms with van der Waals surface area (Å²) >= 11 is 4.36. The van der Waals surface area contributed by atoms with Crippen LogP contribution in [-0.2, 0) is 16.1 Å². The molecule has 0 aliphatic heterocycles. The van der Waals surface area contributed by atoms with E-state index in [4.69, 9.17) is 9.84 Å². The maximum Gasteiger partial charge on any atom is 0.415 e. The molecule has 0 saturated heterocycles. The van der Waals surface area contributed by atoms with Gasteiger partial charge in [-0.1, -0.05) is 57.7 Å². The first kappa shape index (κ1) is 18.1. The average Bonchev–Trinajstić information content (AvgIpc) is 2.45. The Balaban J connectivity index is 2.89. The lowest BCUT2D eigenvalue weighted by molar-refractivity contribution is -0.134. The number of rotatable bonds is 5. The van der Waals surface area contributed by atoms with E-state index in [0.717, 1.165) is 10.5 Å². The topological polar surface area (TPSA) is 66.8 Å². The molecule has 0 heterocycles. The lowest BCUT2D eigenvalue weighted by atomic mass is 9.95. The Bertz CT molecular complexity index is 551. The van der Waals surface area contributed by atoms with Gasteiger partial charge in [0.2, 0.25) is 0 Å². The van der Waals surface area contributed by atoms with E-state index < -0.39 is 22.9 Å². The summed E-state index contributed by atoms with van der Waals surface area (Å²) in [6, 6.07) is 9.13. The molecule has 0 bridgehead atoms. The van der Waals surface area contributed by atoms with Crippen LogP contribution in [0.3, 0.4) is 0 Å². The Morgan fingerprint density at radius 2 is 1.86 bits per heavy atom. The first-order chi connectivity index (χ1) is 10.1. The van der Waals surface area contributed by atoms with Gasteiger partial charge in [-0.25, -0.2) is 9.59 Å². The van der Waals surface area contributed by atoms with Gasteiger partial charge in [-0.05, 0) is 11.0 Å². The Labute approximate surface area is 136 Å². The summed E-state index contributed by atoms with van der Waals surface area (Å²) in [5.74, 6) is -1.29. The van der Waals surface area contributed by atoms with E-state index in [9.17, 15) is 9.59 Å². The number of carbonyl (C=O) groups is 2. The lowest BCUT2D eigenvalue weighted by Crippen LogP contribution is -2.45. The number of aliphatic carboxylic acids is 1. The quantitative estimate of drug-likeness (QED) is 0.494. The molecule has 0 unspecified atom stereocenters. The summed E-state index contributed by atoms with van der Waals surface area (Å²) < 4.78 is 5.19. The summed E-state index contributed by atoms with van der Waals surface area (Å²) in [7, 11) is 0. The molecule has 1 rings (SSSR count). The van der Waals surface area contributed by atoms with Gasteiger partial charge >= 0.3 is 12.1 Å². The fraction of sp³-hybridized carbons (Fsp3) is 0.375. The SMILES string of the molecule is C=C(C(=O)O)N(C(=O)OCc1ccccc1)[C@H](S)C(C)(C)C. The highest BCUT2D eigenvalue weighted by Crippen LogP contribution is 2.30. The second kappa shape index (κ2) is 7.35. The highest BCUT2D eigenvalue weighted by Gasteiger charge is 2.35. The van der Waals surface area contributed by atoms with Crippen molar-refractivity contribution in [3.63, 3.8) is 0 Å². The molecule has 0 aliphatic rings. The number of ether oxygens (including phenoxy) is 1. The van der Waals surface area contributed by atoms with Crippen molar-refractivity contribution in [1.29, 1.82) is 0 Å². The van der Waals surface area contributed by atoms with Crippen molar-refractivity contribution in [2.45, 2.75) is 32.8 Å². The van der Waals surface area contributed by atoms with Crippen molar-refractivity contribution >= 4 is 24.7 Å². The molecule has 1 amide bonds. The molecule has 1 N–H and O–H groups in total. The Morgan fingerprint density at radius 3 is 2.32 bits per heavy atom. The predicted molar refractivity (Wildman–Crippen MR) is 87.5 cm³/mol. The first-order valence-electron chi connectivity index (χ1n) is 6.74. The summed E-state index contributed by atoms with van der Waals surface area (Å²) in [5, 5.41) is 8.44. The summed E-state index contributed by atoms with van der Waals surface area (Å²) in [6.07, 6.45) is -0.786. The molecule has 0 radical (unpaired) electrons. The van der Waals surface area contributed by atoms with Crippen molar-refractivity contribution in [1.82, 2.24) is 4.90 Å². The molecule has 1 aromatic carbocycles. The third-order valence-electron chi connectivity index (χ3n) is 2.96. The van der Waals surface area contributed by atoms with Gasteiger partial charge in [0.05, 0.1) is 5.37 Å². The van der Waals surface area contributed by atoms with Crippen LogP contribution in [0.2, 0.25) is 0 Å². The Kier molecular flexibility index (Phi) is 6.05. The highest BCUT2D eigenvalue weighted by atomic mass is 32.1. The molecular weight excluding hydrogens is 302 g/mol. The molecule has 0 saturated carbocycles. The molecule has 22 heavy (non-hydrogen) atoms. The summed E-state index contributed by atoms with van der Waals surface area (Å²) in [6.45, 7) is 9.02. The van der Waals surface area contributed by atoms with E-state index in [-0.39, 0.29) is 12.3 Å². The maximum absolute atomic E-state index is 12.3. The molecule has 0 aliphatic carbocycles. The van der Waals surface area contributed by atoms with E-state index in [1.54, 1.807) is 0 Å². The third-order valence-corrected chi connectivity index (χ3v) is 3.96. The second-order valence-corrected chi connectivity index (χ2v) is 6.39. The van der Waals surface area contributed by atoms with Crippen LogP contribution < -0.4 is 0 Å². The largest absolute Gasteiger partial charge is 0.477 e. The van der Waals surface area contributed by atoms with E-state index in [0.29, 0.717) is 0 Å². The van der Waals surface area contributed by atoms with Crippen LogP contribution in [0.25, 0.3) is 0 Å². The van der Waals surface area contributed by atoms with Crippen LogP contribution in [0, 0.1) is 5.41 Å². The zero-order valence-electron chi connectivity index (χ0n) is 12.9. The van der Waals surface area contributed by atoms with Gasteiger partial charge in [-0.3, -0.25) is 4.90 Å². The first-order valence-corrected chi connectivity index (χ1v) is 7.26. The van der Waals surface area contributed by atoms with E-state index in [1.807, 2.05) is 51.1 Å². The van der Waals surface area contributed by atoms with Crippen molar-refractivity contribution in [2.75, 3.05) is 0 Å². The molecule has 0 fully saturated rings. The third kappa shape index (κ3) is 4.80. The molecular formula is C16H21NO4S. The number of benzene rings is 1. The lowest BCUT2D eigenvalue weighted by Gasteiger charge is -2.35. The van der Waals surface area contributed by atoms with Crippen molar-refractivity contribution in [3.8, 4) is 0 Å². The van der Waals surface area contributed by atoms with Crippen LogP contribution in [-0.4, -0.2) is 27.4 Å². The molecule has 5 nitrogen and oxygen atoms in total. The van der Waals surface area contributed by atoms with Crippen LogP contribution in [0.1, 0.15) is 26.3 Å². The van der Waals surface area contributed by atoms with Gasteiger partial charge in [-0.15, -0.1) is 0 Å². The van der Waals surface area contributed by atoms with Crippen molar-refractivity contribution < 1.29 is 19.4 Å². The smallest absolute Gasteiger partial charge is 0.415 e. The number of carbonyl (C=O) groups excluding carboxylic acids is 1. The van der Waals surface area contributed by atoms with Gasteiger partial charge in [0.1, 0.15) is 12.3 Å². The second-order valence-electron chi connectivity index (χ2n) is 5.90. The molecule has 1 aromatic rings. The number of nitrogens with zero attached hydrogens (tertiary/aromatic N) is 1. The van der Waals surface area contributed by atoms with Gasteiger partial charge in [-0.2, -0.15) is 12.6 Å². The fourth-order valence-corrected chi connectivity index (χ4v) is 1.87. The zero-order chi connectivity index (χ0) is 16.9. The number of carboxylic acid groups (broad SMARTS) is 1. The maximum atomic E-state index is 12.3. The van der Waals surface area contributed by atoms with Crippen LogP contribution in [0.15, 0.2) is 42.6 Å². The monoisotopic (exact) mass is 323 g/mol. The minimum atomic E-state index is -1.29. The van der Waals surface area contributed by atoms with Gasteiger partial charge in [0.15, 0.2) is 0 Å². The highest BCUT2D eigenvalue weighted by molar-refractivity contribution is 7.81. The minimum absolute atomic E-state index is 0.0493. The fourth-order valence-electron chi connectivity index (χ4n) is 1.64. The van der Waals surface area contributed by atoms with Crippen molar-refractivity contribution in [2.24, 2.45) is 5.41 Å². The standard InChI is InChI=1S/C16H21NO4S/c1-11(13(18)19)17(14(22)16(2,3)4)15(20)21-10-12-8-6-5-7-9-12/h5-9,14,22H,1,10H2,2-4H3,(H,18,19)/t14-/m1/s1. The predicted octanol–water partition coefficient (Wildman–Crippen LogP) is 3.53. The van der Waals surface area contributed by atoms with E-state index >= 15 is 0 Å². The van der Waals surface area contributed by atoms with Gasteiger partial charge in [0, 0.05) is 0 Å².